The molecule has 19 heavy (non-hydrogen) atoms. The van der Waals surface area contributed by atoms with Crippen molar-refractivity contribution in [2.24, 2.45) is 0 Å². The Kier molecular flexibility index (Phi) is 5.10. The predicted molar refractivity (Wildman–Crippen MR) is 67.4 cm³/mol. The number of aryl methyl sites for hydroxylation is 1. The SMILES string of the molecule is CCOC(=O)c1[nH]c(C)c(C(O)C(O)CC#N)c1C. The molecule has 6 nitrogen and oxygen atoms in total. The fourth-order valence-corrected chi connectivity index (χ4v) is 2.01. The lowest BCUT2D eigenvalue weighted by Gasteiger charge is -2.16. The van der Waals surface area contributed by atoms with Crippen LogP contribution >= 0.6 is 0 Å². The van der Waals surface area contributed by atoms with E-state index < -0.39 is 18.2 Å². The molecule has 0 aliphatic carbocycles. The number of aliphatic hydroxyl groups excluding tert-OH is 2. The van der Waals surface area contributed by atoms with E-state index in [0.717, 1.165) is 0 Å². The first-order valence-electron chi connectivity index (χ1n) is 6.03. The lowest BCUT2D eigenvalue weighted by atomic mass is 9.98. The van der Waals surface area contributed by atoms with Gasteiger partial charge in [-0.25, -0.2) is 4.79 Å². The van der Waals surface area contributed by atoms with Crippen molar-refractivity contribution in [2.75, 3.05) is 6.61 Å². The number of H-pyrrole nitrogens is 1. The van der Waals surface area contributed by atoms with Gasteiger partial charge in [0.2, 0.25) is 0 Å². The molecular weight excluding hydrogens is 248 g/mol. The second-order valence-corrected chi connectivity index (χ2v) is 4.26. The molecule has 3 N–H and O–H groups in total. The highest BCUT2D eigenvalue weighted by Crippen LogP contribution is 2.28. The van der Waals surface area contributed by atoms with Gasteiger partial charge in [-0.1, -0.05) is 0 Å². The van der Waals surface area contributed by atoms with Crippen molar-refractivity contribution in [1.82, 2.24) is 4.98 Å². The Labute approximate surface area is 111 Å². The first-order valence-corrected chi connectivity index (χ1v) is 6.03. The average molecular weight is 266 g/mol. The molecule has 0 saturated heterocycles. The van der Waals surface area contributed by atoms with Gasteiger partial charge in [0.1, 0.15) is 11.8 Å². The monoisotopic (exact) mass is 266 g/mol. The highest BCUT2D eigenvalue weighted by atomic mass is 16.5. The smallest absolute Gasteiger partial charge is 0.355 e. The van der Waals surface area contributed by atoms with Gasteiger partial charge in [-0.05, 0) is 26.3 Å². The second kappa shape index (κ2) is 6.36. The molecule has 0 amide bonds. The molecule has 0 radical (unpaired) electrons. The minimum Gasteiger partial charge on any atom is -0.461 e. The minimum atomic E-state index is -1.21. The maximum absolute atomic E-state index is 11.7. The van der Waals surface area contributed by atoms with Crippen molar-refractivity contribution in [3.05, 3.63) is 22.5 Å². The maximum atomic E-state index is 11.7. The zero-order valence-corrected chi connectivity index (χ0v) is 11.2. The van der Waals surface area contributed by atoms with E-state index >= 15 is 0 Å². The van der Waals surface area contributed by atoms with Crippen molar-refractivity contribution < 1.29 is 19.7 Å². The third kappa shape index (κ3) is 3.13. The number of carbonyl (C=O) groups excluding carboxylic acids is 1. The van der Waals surface area contributed by atoms with Crippen molar-refractivity contribution >= 4 is 5.97 Å². The number of aromatic amines is 1. The summed E-state index contributed by atoms with van der Waals surface area (Å²) in [5, 5.41) is 28.2. The van der Waals surface area contributed by atoms with E-state index in [-0.39, 0.29) is 18.7 Å². The normalized spacial score (nSPS) is 13.7. The predicted octanol–water partition coefficient (Wildman–Crippen LogP) is 1.12. The van der Waals surface area contributed by atoms with Crippen LogP contribution < -0.4 is 0 Å². The molecule has 104 valence electrons. The van der Waals surface area contributed by atoms with Crippen LogP contribution in [0.2, 0.25) is 0 Å². The van der Waals surface area contributed by atoms with Crippen LogP contribution in [0.4, 0.5) is 0 Å². The number of hydrogen-bond acceptors (Lipinski definition) is 5. The molecule has 0 fully saturated rings. The summed E-state index contributed by atoms with van der Waals surface area (Å²) in [5.41, 5.74) is 1.80. The van der Waals surface area contributed by atoms with Crippen molar-refractivity contribution in [3.8, 4) is 6.07 Å². The second-order valence-electron chi connectivity index (χ2n) is 4.26. The van der Waals surface area contributed by atoms with Crippen LogP contribution in [0.15, 0.2) is 0 Å². The summed E-state index contributed by atoms with van der Waals surface area (Å²) in [6, 6.07) is 1.80. The Balaban J connectivity index is 3.10. The molecule has 1 aromatic heterocycles. The van der Waals surface area contributed by atoms with E-state index in [9.17, 15) is 15.0 Å². The molecule has 2 unspecified atom stereocenters. The molecule has 0 saturated carbocycles. The number of carbonyl (C=O) groups is 1. The van der Waals surface area contributed by atoms with Crippen LogP contribution in [0.1, 0.15) is 46.8 Å². The first-order chi connectivity index (χ1) is 8.93. The number of hydrogen-bond donors (Lipinski definition) is 3. The fraction of sp³-hybridized carbons (Fsp3) is 0.538. The van der Waals surface area contributed by atoms with Crippen LogP contribution in [0.3, 0.4) is 0 Å². The summed E-state index contributed by atoms with van der Waals surface area (Å²) < 4.78 is 4.90. The van der Waals surface area contributed by atoms with Gasteiger partial charge in [-0.2, -0.15) is 5.26 Å². The highest BCUT2D eigenvalue weighted by molar-refractivity contribution is 5.89. The molecule has 0 spiro atoms. The van der Waals surface area contributed by atoms with Crippen LogP contribution in [-0.2, 0) is 4.74 Å². The molecule has 0 aliphatic heterocycles. The van der Waals surface area contributed by atoms with Gasteiger partial charge in [0, 0.05) is 11.3 Å². The summed E-state index contributed by atoms with van der Waals surface area (Å²) >= 11 is 0. The van der Waals surface area contributed by atoms with Crippen molar-refractivity contribution in [2.45, 2.75) is 39.4 Å². The summed E-state index contributed by atoms with van der Waals surface area (Å²) in [4.78, 5) is 14.5. The molecule has 0 aliphatic rings. The lowest BCUT2D eigenvalue weighted by molar-refractivity contribution is 0.0209. The van der Waals surface area contributed by atoms with E-state index in [4.69, 9.17) is 10.00 Å². The third-order valence-corrected chi connectivity index (χ3v) is 2.94. The fourth-order valence-electron chi connectivity index (χ4n) is 2.01. The number of nitrogens with one attached hydrogen (secondary N) is 1. The Morgan fingerprint density at radius 3 is 2.63 bits per heavy atom. The summed E-state index contributed by atoms with van der Waals surface area (Å²) in [5.74, 6) is -0.503. The Morgan fingerprint density at radius 1 is 1.47 bits per heavy atom. The molecular formula is C13H18N2O4. The van der Waals surface area contributed by atoms with Crippen LogP contribution in [0.25, 0.3) is 0 Å². The Morgan fingerprint density at radius 2 is 2.11 bits per heavy atom. The lowest BCUT2D eigenvalue weighted by Crippen LogP contribution is -2.18. The van der Waals surface area contributed by atoms with Crippen LogP contribution in [-0.4, -0.2) is 33.9 Å². The van der Waals surface area contributed by atoms with E-state index in [1.807, 2.05) is 0 Å². The summed E-state index contributed by atoms with van der Waals surface area (Å²) in [6.45, 7) is 5.31. The Hall–Kier alpha value is -1.84. The van der Waals surface area contributed by atoms with Gasteiger partial charge in [-0.3, -0.25) is 0 Å². The highest BCUT2D eigenvalue weighted by Gasteiger charge is 2.27. The van der Waals surface area contributed by atoms with Gasteiger partial charge in [0.25, 0.3) is 0 Å². The quantitative estimate of drug-likeness (QED) is 0.692. The van der Waals surface area contributed by atoms with Gasteiger partial charge < -0.3 is 19.9 Å². The average Bonchev–Trinajstić information content (AvgIpc) is 2.65. The number of aliphatic hydroxyl groups is 2. The van der Waals surface area contributed by atoms with Crippen molar-refractivity contribution in [1.29, 1.82) is 5.26 Å². The van der Waals surface area contributed by atoms with E-state index in [1.54, 1.807) is 26.8 Å². The number of ether oxygens (including phenoxy) is 1. The zero-order valence-electron chi connectivity index (χ0n) is 11.2. The van der Waals surface area contributed by atoms with Gasteiger partial charge in [0.15, 0.2) is 0 Å². The third-order valence-electron chi connectivity index (χ3n) is 2.94. The summed E-state index contributed by atoms with van der Waals surface area (Å²) in [7, 11) is 0. The van der Waals surface area contributed by atoms with E-state index in [1.165, 1.54) is 0 Å². The number of nitriles is 1. The van der Waals surface area contributed by atoms with Crippen LogP contribution in [0.5, 0.6) is 0 Å². The topological polar surface area (TPSA) is 106 Å². The zero-order chi connectivity index (χ0) is 14.6. The van der Waals surface area contributed by atoms with Gasteiger partial charge in [-0.15, -0.1) is 0 Å². The van der Waals surface area contributed by atoms with Crippen molar-refractivity contribution in [3.63, 3.8) is 0 Å². The maximum Gasteiger partial charge on any atom is 0.355 e. The number of aromatic nitrogens is 1. The standard InChI is InChI=1S/C13H18N2O4/c1-4-19-13(18)11-7(2)10(8(3)15-11)12(17)9(16)5-6-14/h9,12,15-17H,4-5H2,1-3H3. The molecule has 0 bridgehead atoms. The van der Waals surface area contributed by atoms with Gasteiger partial charge in [0.05, 0.1) is 25.2 Å². The molecule has 2 atom stereocenters. The van der Waals surface area contributed by atoms with E-state index in [0.29, 0.717) is 16.8 Å². The number of nitrogens with zero attached hydrogens (tertiary/aromatic N) is 1. The van der Waals surface area contributed by atoms with Crippen LogP contribution in [0, 0.1) is 25.2 Å². The summed E-state index contributed by atoms with van der Waals surface area (Å²) in [6.07, 6.45) is -2.58. The number of rotatable bonds is 5. The molecule has 0 aromatic carbocycles. The molecule has 1 rings (SSSR count). The Bertz CT molecular complexity index is 501. The molecule has 1 aromatic rings. The van der Waals surface area contributed by atoms with Gasteiger partial charge >= 0.3 is 5.97 Å². The first kappa shape index (κ1) is 15.2. The largest absolute Gasteiger partial charge is 0.461 e. The van der Waals surface area contributed by atoms with E-state index in [2.05, 4.69) is 4.98 Å². The molecule has 6 heteroatoms. The molecule has 1 heterocycles. The minimum absolute atomic E-state index is 0.181. The number of esters is 1.